The Balaban J connectivity index is 1.91. The molecule has 0 aromatic heterocycles. The first-order valence-corrected chi connectivity index (χ1v) is 9.83. The minimum absolute atomic E-state index is 0.337. The Morgan fingerprint density at radius 2 is 1.83 bits per heavy atom. The molecule has 6 heteroatoms. The first kappa shape index (κ1) is 20.7. The lowest BCUT2D eigenvalue weighted by Gasteiger charge is -2.12. The molecule has 0 spiro atoms. The van der Waals surface area contributed by atoms with Crippen LogP contribution in [0.15, 0.2) is 53.6 Å². The highest BCUT2D eigenvalue weighted by molar-refractivity contribution is 6.31. The van der Waals surface area contributed by atoms with E-state index in [1.807, 2.05) is 51.1 Å². The quantitative estimate of drug-likeness (QED) is 0.421. The van der Waals surface area contributed by atoms with Crippen molar-refractivity contribution in [1.82, 2.24) is 5.43 Å². The molecular weight excluding hydrogens is 388 g/mol. The second kappa shape index (κ2) is 9.43. The summed E-state index contributed by atoms with van der Waals surface area (Å²) >= 11 is 6.10. The van der Waals surface area contributed by atoms with Gasteiger partial charge in [-0.25, -0.2) is 5.43 Å². The number of benzene rings is 3. The Kier molecular flexibility index (Phi) is 6.73. The van der Waals surface area contributed by atoms with Gasteiger partial charge in [0.05, 0.1) is 19.4 Å². The van der Waals surface area contributed by atoms with Crippen molar-refractivity contribution < 1.29 is 14.3 Å². The molecule has 0 aliphatic rings. The molecule has 3 aromatic carbocycles. The number of nitrogens with one attached hydrogen (secondary N) is 1. The number of ether oxygens (including phenoxy) is 2. The lowest BCUT2D eigenvalue weighted by atomic mass is 10.0. The number of aryl methyl sites for hydroxylation is 1. The van der Waals surface area contributed by atoms with Crippen molar-refractivity contribution in [3.05, 3.63) is 70.2 Å². The van der Waals surface area contributed by atoms with Gasteiger partial charge in [0.2, 0.25) is 0 Å². The molecule has 1 N–H and O–H groups in total. The van der Waals surface area contributed by atoms with E-state index in [2.05, 4.69) is 10.5 Å². The molecule has 0 radical (unpaired) electrons. The third kappa shape index (κ3) is 4.87. The first-order chi connectivity index (χ1) is 14.0. The molecule has 0 saturated heterocycles. The van der Waals surface area contributed by atoms with Crippen LogP contribution in [0.4, 0.5) is 0 Å². The van der Waals surface area contributed by atoms with Gasteiger partial charge in [-0.1, -0.05) is 29.8 Å². The zero-order valence-electron chi connectivity index (χ0n) is 16.7. The maximum atomic E-state index is 12.4. The van der Waals surface area contributed by atoms with Gasteiger partial charge in [-0.15, -0.1) is 0 Å². The fraction of sp³-hybridized carbons (Fsp3) is 0.217. The van der Waals surface area contributed by atoms with Crippen LogP contribution in [-0.4, -0.2) is 25.3 Å². The van der Waals surface area contributed by atoms with Crippen molar-refractivity contribution in [3.8, 4) is 11.5 Å². The van der Waals surface area contributed by atoms with Gasteiger partial charge in [0, 0.05) is 16.1 Å². The van der Waals surface area contributed by atoms with Gasteiger partial charge in [-0.3, -0.25) is 4.79 Å². The lowest BCUT2D eigenvalue weighted by Crippen LogP contribution is -2.17. The number of halogens is 1. The fourth-order valence-corrected chi connectivity index (χ4v) is 3.11. The number of hydrogen-bond acceptors (Lipinski definition) is 4. The molecule has 0 saturated carbocycles. The van der Waals surface area contributed by atoms with E-state index < -0.39 is 0 Å². The SMILES string of the molecule is CCOc1ccc2ccc(OCC)c(/C=N\NC(=O)c3ccc(C)c(Cl)c3)c2c1. The molecule has 0 aliphatic carbocycles. The fourth-order valence-electron chi connectivity index (χ4n) is 2.93. The van der Waals surface area contributed by atoms with Crippen LogP contribution in [0.2, 0.25) is 5.02 Å². The van der Waals surface area contributed by atoms with Gasteiger partial charge >= 0.3 is 0 Å². The maximum Gasteiger partial charge on any atom is 0.271 e. The monoisotopic (exact) mass is 410 g/mol. The molecular formula is C23H23ClN2O3. The van der Waals surface area contributed by atoms with E-state index >= 15 is 0 Å². The van der Waals surface area contributed by atoms with Gasteiger partial charge < -0.3 is 9.47 Å². The zero-order valence-corrected chi connectivity index (χ0v) is 17.4. The predicted octanol–water partition coefficient (Wildman–Crippen LogP) is 5.36. The van der Waals surface area contributed by atoms with Gasteiger partial charge in [0.25, 0.3) is 5.91 Å². The van der Waals surface area contributed by atoms with Crippen molar-refractivity contribution in [1.29, 1.82) is 0 Å². The van der Waals surface area contributed by atoms with Crippen LogP contribution in [0.5, 0.6) is 11.5 Å². The zero-order chi connectivity index (χ0) is 20.8. The lowest BCUT2D eigenvalue weighted by molar-refractivity contribution is 0.0955. The molecule has 0 bridgehead atoms. The number of nitrogens with zero attached hydrogens (tertiary/aromatic N) is 1. The molecule has 1 amide bonds. The minimum Gasteiger partial charge on any atom is -0.494 e. The third-order valence-electron chi connectivity index (χ3n) is 4.40. The first-order valence-electron chi connectivity index (χ1n) is 9.45. The Hall–Kier alpha value is -3.05. The number of carbonyl (C=O) groups excluding carboxylic acids is 1. The van der Waals surface area contributed by atoms with Gasteiger partial charge in [-0.2, -0.15) is 5.10 Å². The summed E-state index contributed by atoms with van der Waals surface area (Å²) in [6, 6.07) is 14.9. The number of carbonyl (C=O) groups is 1. The Bertz CT molecular complexity index is 1060. The average molecular weight is 411 g/mol. The summed E-state index contributed by atoms with van der Waals surface area (Å²) in [5.74, 6) is 1.11. The average Bonchev–Trinajstić information content (AvgIpc) is 2.71. The topological polar surface area (TPSA) is 59.9 Å². The van der Waals surface area contributed by atoms with Gasteiger partial charge in [0.15, 0.2) is 0 Å². The van der Waals surface area contributed by atoms with E-state index in [9.17, 15) is 4.79 Å². The van der Waals surface area contributed by atoms with Crippen molar-refractivity contribution in [2.45, 2.75) is 20.8 Å². The van der Waals surface area contributed by atoms with Crippen LogP contribution in [0, 0.1) is 6.92 Å². The van der Waals surface area contributed by atoms with Crippen LogP contribution < -0.4 is 14.9 Å². The van der Waals surface area contributed by atoms with E-state index in [1.165, 1.54) is 0 Å². The van der Waals surface area contributed by atoms with Crippen molar-refractivity contribution >= 4 is 34.5 Å². The standard InChI is InChI=1S/C23H23ClN2O3/c1-4-28-18-10-8-16-9-11-22(29-5-2)20(19(16)13-18)14-25-26-23(27)17-7-6-15(3)21(24)12-17/h6-14H,4-5H2,1-3H3,(H,26,27)/b25-14-. The molecule has 3 aromatic rings. The number of hydrogen-bond donors (Lipinski definition) is 1. The van der Waals surface area contributed by atoms with Crippen molar-refractivity contribution in [2.75, 3.05) is 13.2 Å². The van der Waals surface area contributed by atoms with Gasteiger partial charge in [0.1, 0.15) is 11.5 Å². The number of hydrazone groups is 1. The van der Waals surface area contributed by atoms with Crippen LogP contribution >= 0.6 is 11.6 Å². The summed E-state index contributed by atoms with van der Waals surface area (Å²) in [7, 11) is 0. The smallest absolute Gasteiger partial charge is 0.271 e. The van der Waals surface area contributed by atoms with Gasteiger partial charge in [-0.05, 0) is 67.4 Å². The highest BCUT2D eigenvalue weighted by Gasteiger charge is 2.10. The predicted molar refractivity (Wildman–Crippen MR) is 118 cm³/mol. The number of rotatable bonds is 7. The molecule has 0 atom stereocenters. The summed E-state index contributed by atoms with van der Waals surface area (Å²) in [5, 5.41) is 6.64. The Labute approximate surface area is 175 Å². The van der Waals surface area contributed by atoms with E-state index in [0.717, 1.165) is 27.6 Å². The highest BCUT2D eigenvalue weighted by Crippen LogP contribution is 2.30. The number of fused-ring (bicyclic) bond motifs is 1. The number of amides is 1. The largest absolute Gasteiger partial charge is 0.494 e. The molecule has 3 rings (SSSR count). The van der Waals surface area contributed by atoms with E-state index in [1.54, 1.807) is 24.4 Å². The van der Waals surface area contributed by atoms with Crippen LogP contribution in [0.25, 0.3) is 10.8 Å². The molecule has 150 valence electrons. The normalized spacial score (nSPS) is 11.0. The molecule has 5 nitrogen and oxygen atoms in total. The summed E-state index contributed by atoms with van der Waals surface area (Å²) in [6.07, 6.45) is 1.59. The van der Waals surface area contributed by atoms with Crippen LogP contribution in [0.1, 0.15) is 35.3 Å². The Morgan fingerprint density at radius 3 is 2.55 bits per heavy atom. The Morgan fingerprint density at radius 1 is 1.07 bits per heavy atom. The summed E-state index contributed by atoms with van der Waals surface area (Å²) in [4.78, 5) is 12.4. The molecule has 29 heavy (non-hydrogen) atoms. The van der Waals surface area contributed by atoms with E-state index in [0.29, 0.717) is 29.5 Å². The molecule has 0 unspecified atom stereocenters. The van der Waals surface area contributed by atoms with E-state index in [-0.39, 0.29) is 5.91 Å². The van der Waals surface area contributed by atoms with Crippen LogP contribution in [-0.2, 0) is 0 Å². The molecule has 0 heterocycles. The maximum absolute atomic E-state index is 12.4. The summed E-state index contributed by atoms with van der Waals surface area (Å²) in [6.45, 7) is 6.84. The van der Waals surface area contributed by atoms with Crippen molar-refractivity contribution in [2.24, 2.45) is 5.10 Å². The van der Waals surface area contributed by atoms with Crippen molar-refractivity contribution in [3.63, 3.8) is 0 Å². The third-order valence-corrected chi connectivity index (χ3v) is 4.81. The summed E-state index contributed by atoms with van der Waals surface area (Å²) < 4.78 is 11.4. The second-order valence-corrected chi connectivity index (χ2v) is 6.80. The summed E-state index contributed by atoms with van der Waals surface area (Å²) in [5.41, 5.74) is 4.68. The molecule has 0 fully saturated rings. The minimum atomic E-state index is -0.337. The van der Waals surface area contributed by atoms with E-state index in [4.69, 9.17) is 21.1 Å². The highest BCUT2D eigenvalue weighted by atomic mass is 35.5. The second-order valence-electron chi connectivity index (χ2n) is 6.39. The molecule has 0 aliphatic heterocycles. The van der Waals surface area contributed by atoms with Crippen LogP contribution in [0.3, 0.4) is 0 Å².